The van der Waals surface area contributed by atoms with Crippen LogP contribution in [0.3, 0.4) is 0 Å². The van der Waals surface area contributed by atoms with Crippen molar-refractivity contribution in [2.24, 2.45) is 0 Å². The third-order valence-corrected chi connectivity index (χ3v) is 1.32. The fraction of sp³-hybridized carbons (Fsp3) is 0.875. The first kappa shape index (κ1) is 8.96. The smallest absolute Gasteiger partial charge is 0.0543 e. The summed E-state index contributed by atoms with van der Waals surface area (Å²) < 4.78 is 0. The Labute approximate surface area is 58.1 Å². The predicted molar refractivity (Wildman–Crippen MR) is 40.1 cm³/mol. The van der Waals surface area contributed by atoms with Crippen LogP contribution in [0.4, 0.5) is 0 Å². The molecule has 9 heavy (non-hydrogen) atoms. The summed E-state index contributed by atoms with van der Waals surface area (Å²) >= 11 is 0. The van der Waals surface area contributed by atoms with Crippen molar-refractivity contribution < 1.29 is 5.11 Å². The number of hydrogen-bond donors (Lipinski definition) is 1. The quantitative estimate of drug-likeness (QED) is 0.564. The van der Waals surface area contributed by atoms with Gasteiger partial charge in [0.15, 0.2) is 0 Å². The first-order chi connectivity index (χ1) is 4.27. The summed E-state index contributed by atoms with van der Waals surface area (Å²) in [5.41, 5.74) is 0. The standard InChI is InChI=1S/C8H17O/c1-3-4-5-6-7-8(2)9/h7-9H,3-6H2,1-2H3. The van der Waals surface area contributed by atoms with Gasteiger partial charge in [0.25, 0.3) is 0 Å². The maximum Gasteiger partial charge on any atom is 0.0543 e. The molecule has 0 saturated heterocycles. The van der Waals surface area contributed by atoms with Crippen molar-refractivity contribution in [3.05, 3.63) is 6.42 Å². The molecule has 0 aromatic carbocycles. The Morgan fingerprint density at radius 1 is 1.44 bits per heavy atom. The van der Waals surface area contributed by atoms with Crippen LogP contribution in [0.25, 0.3) is 0 Å². The van der Waals surface area contributed by atoms with Crippen LogP contribution in [-0.4, -0.2) is 11.2 Å². The van der Waals surface area contributed by atoms with Crippen molar-refractivity contribution in [3.8, 4) is 0 Å². The Hall–Kier alpha value is -0.0400. The normalized spacial score (nSPS) is 13.7. The minimum Gasteiger partial charge on any atom is -0.393 e. The zero-order chi connectivity index (χ0) is 7.11. The monoisotopic (exact) mass is 129 g/mol. The van der Waals surface area contributed by atoms with Crippen molar-refractivity contribution in [2.45, 2.75) is 45.6 Å². The molecule has 0 aliphatic carbocycles. The van der Waals surface area contributed by atoms with Crippen LogP contribution in [0, 0.1) is 6.42 Å². The highest BCUT2D eigenvalue weighted by atomic mass is 16.3. The molecule has 0 rings (SSSR count). The van der Waals surface area contributed by atoms with E-state index in [1.54, 1.807) is 6.92 Å². The molecule has 55 valence electrons. The average Bonchev–Trinajstić information content (AvgIpc) is 1.80. The molecule has 1 unspecified atom stereocenters. The SMILES string of the molecule is CCCCC[CH]C(C)O. The topological polar surface area (TPSA) is 20.2 Å². The number of unbranched alkanes of at least 4 members (excludes halogenated alkanes) is 3. The molecule has 0 saturated carbocycles. The predicted octanol–water partition coefficient (Wildman–Crippen LogP) is 2.15. The highest BCUT2D eigenvalue weighted by Crippen LogP contribution is 2.03. The number of hydrogen-bond acceptors (Lipinski definition) is 1. The van der Waals surface area contributed by atoms with Gasteiger partial charge in [-0.1, -0.05) is 26.2 Å². The van der Waals surface area contributed by atoms with Crippen molar-refractivity contribution in [1.29, 1.82) is 0 Å². The molecule has 0 bridgehead atoms. The van der Waals surface area contributed by atoms with E-state index in [0.717, 1.165) is 6.42 Å². The third kappa shape index (κ3) is 7.96. The number of aliphatic hydroxyl groups excluding tert-OH is 1. The molecule has 0 aromatic rings. The Bertz CT molecular complexity index is 50.5. The second kappa shape index (κ2) is 6.09. The van der Waals surface area contributed by atoms with Crippen LogP contribution in [0.15, 0.2) is 0 Å². The van der Waals surface area contributed by atoms with E-state index < -0.39 is 0 Å². The summed E-state index contributed by atoms with van der Waals surface area (Å²) in [5.74, 6) is 0. The molecule has 0 fully saturated rings. The van der Waals surface area contributed by atoms with Crippen molar-refractivity contribution in [1.82, 2.24) is 0 Å². The Morgan fingerprint density at radius 3 is 2.56 bits per heavy atom. The summed E-state index contributed by atoms with van der Waals surface area (Å²) in [6, 6.07) is 0. The molecule has 0 aromatic heterocycles. The van der Waals surface area contributed by atoms with Crippen molar-refractivity contribution in [3.63, 3.8) is 0 Å². The highest BCUT2D eigenvalue weighted by molar-refractivity contribution is 4.69. The molecule has 0 amide bonds. The van der Waals surface area contributed by atoms with E-state index in [0.29, 0.717) is 0 Å². The molecular weight excluding hydrogens is 112 g/mol. The number of rotatable bonds is 5. The fourth-order valence-electron chi connectivity index (χ4n) is 0.753. The Kier molecular flexibility index (Phi) is 6.06. The second-order valence-corrected chi connectivity index (χ2v) is 2.47. The Balaban J connectivity index is 2.75. The molecule has 0 spiro atoms. The van der Waals surface area contributed by atoms with Crippen LogP contribution in [0.1, 0.15) is 39.5 Å². The van der Waals surface area contributed by atoms with Crippen LogP contribution in [0.2, 0.25) is 0 Å². The van der Waals surface area contributed by atoms with E-state index in [4.69, 9.17) is 5.11 Å². The first-order valence-corrected chi connectivity index (χ1v) is 3.78. The van der Waals surface area contributed by atoms with Gasteiger partial charge in [-0.25, -0.2) is 0 Å². The molecule has 0 aliphatic heterocycles. The largest absolute Gasteiger partial charge is 0.393 e. The fourth-order valence-corrected chi connectivity index (χ4v) is 0.753. The van der Waals surface area contributed by atoms with Gasteiger partial charge < -0.3 is 5.11 Å². The van der Waals surface area contributed by atoms with Crippen molar-refractivity contribution in [2.75, 3.05) is 0 Å². The highest BCUT2D eigenvalue weighted by Gasteiger charge is 1.93. The van der Waals surface area contributed by atoms with Gasteiger partial charge in [-0.2, -0.15) is 0 Å². The summed E-state index contributed by atoms with van der Waals surface area (Å²) in [6.45, 7) is 3.98. The van der Waals surface area contributed by atoms with Gasteiger partial charge in [0.2, 0.25) is 0 Å². The van der Waals surface area contributed by atoms with E-state index in [-0.39, 0.29) is 6.10 Å². The molecular formula is C8H17O. The number of aliphatic hydroxyl groups is 1. The minimum absolute atomic E-state index is 0.221. The second-order valence-electron chi connectivity index (χ2n) is 2.47. The minimum atomic E-state index is -0.221. The molecule has 1 N–H and O–H groups in total. The molecule has 1 heteroatoms. The van der Waals surface area contributed by atoms with Crippen LogP contribution in [0.5, 0.6) is 0 Å². The summed E-state index contributed by atoms with van der Waals surface area (Å²) in [7, 11) is 0. The molecule has 0 aliphatic rings. The van der Waals surface area contributed by atoms with Crippen LogP contribution >= 0.6 is 0 Å². The van der Waals surface area contributed by atoms with Crippen LogP contribution < -0.4 is 0 Å². The van der Waals surface area contributed by atoms with Crippen molar-refractivity contribution >= 4 is 0 Å². The third-order valence-electron chi connectivity index (χ3n) is 1.32. The molecule has 1 nitrogen and oxygen atoms in total. The first-order valence-electron chi connectivity index (χ1n) is 3.78. The van der Waals surface area contributed by atoms with E-state index in [9.17, 15) is 0 Å². The van der Waals surface area contributed by atoms with E-state index >= 15 is 0 Å². The maximum atomic E-state index is 8.80. The lowest BCUT2D eigenvalue weighted by Gasteiger charge is -2.00. The van der Waals surface area contributed by atoms with Crippen LogP contribution in [-0.2, 0) is 0 Å². The molecule has 1 radical (unpaired) electrons. The van der Waals surface area contributed by atoms with E-state index in [1.807, 2.05) is 6.42 Å². The van der Waals surface area contributed by atoms with Gasteiger partial charge in [-0.3, -0.25) is 0 Å². The summed E-state index contributed by atoms with van der Waals surface area (Å²) in [4.78, 5) is 0. The zero-order valence-electron chi connectivity index (χ0n) is 6.43. The van der Waals surface area contributed by atoms with E-state index in [1.165, 1.54) is 19.3 Å². The van der Waals surface area contributed by atoms with Gasteiger partial charge >= 0.3 is 0 Å². The lowest BCUT2D eigenvalue weighted by molar-refractivity contribution is 0.222. The van der Waals surface area contributed by atoms with Gasteiger partial charge in [0.1, 0.15) is 0 Å². The molecule has 1 atom stereocenters. The van der Waals surface area contributed by atoms with Gasteiger partial charge in [-0.15, -0.1) is 0 Å². The maximum absolute atomic E-state index is 8.80. The Morgan fingerprint density at radius 2 is 2.11 bits per heavy atom. The lowest BCUT2D eigenvalue weighted by Crippen LogP contribution is -1.99. The summed E-state index contributed by atoms with van der Waals surface area (Å²) in [5, 5.41) is 8.80. The summed E-state index contributed by atoms with van der Waals surface area (Å²) in [6.07, 6.45) is 6.56. The average molecular weight is 129 g/mol. The van der Waals surface area contributed by atoms with Gasteiger partial charge in [0, 0.05) is 0 Å². The van der Waals surface area contributed by atoms with Gasteiger partial charge in [-0.05, 0) is 19.8 Å². The van der Waals surface area contributed by atoms with Gasteiger partial charge in [0.05, 0.1) is 6.10 Å². The van der Waals surface area contributed by atoms with E-state index in [2.05, 4.69) is 6.92 Å². The lowest BCUT2D eigenvalue weighted by atomic mass is 10.1. The molecule has 0 heterocycles. The zero-order valence-corrected chi connectivity index (χ0v) is 6.43.